The van der Waals surface area contributed by atoms with Gasteiger partial charge in [0.25, 0.3) is 0 Å². The summed E-state index contributed by atoms with van der Waals surface area (Å²) in [5.74, 6) is -0.769. The Kier molecular flexibility index (Phi) is 4.89. The molecule has 1 heterocycles. The summed E-state index contributed by atoms with van der Waals surface area (Å²) in [7, 11) is 1.56. The van der Waals surface area contributed by atoms with Crippen molar-refractivity contribution in [1.82, 2.24) is 9.80 Å². The first-order valence-electron chi connectivity index (χ1n) is 8.04. The van der Waals surface area contributed by atoms with Crippen LogP contribution in [0.4, 0.5) is 4.79 Å². The predicted molar refractivity (Wildman–Crippen MR) is 90.4 cm³/mol. The highest BCUT2D eigenvalue weighted by molar-refractivity contribution is 9.10. The molecule has 0 radical (unpaired) electrons. The Morgan fingerprint density at radius 1 is 1.12 bits per heavy atom. The van der Waals surface area contributed by atoms with Crippen LogP contribution in [-0.2, 0) is 16.1 Å². The second-order valence-electron chi connectivity index (χ2n) is 6.11. The van der Waals surface area contributed by atoms with Gasteiger partial charge < -0.3 is 4.74 Å². The Morgan fingerprint density at radius 3 is 2.46 bits per heavy atom. The standard InChI is InChI=1S/C17H19BrN2O4/c1-24-14-8-7-11(9-13(14)18)10-19-15(21)16(22)20(17(19)23)12-5-3-2-4-6-12/h7-9,12H,2-6,10H2,1H3. The zero-order valence-corrected chi connectivity index (χ0v) is 15.0. The summed E-state index contributed by atoms with van der Waals surface area (Å²) in [6, 6.07) is 4.68. The van der Waals surface area contributed by atoms with Gasteiger partial charge in [0.1, 0.15) is 5.75 Å². The summed E-state index contributed by atoms with van der Waals surface area (Å²) in [4.78, 5) is 39.3. The van der Waals surface area contributed by atoms with Crippen LogP contribution in [-0.4, -0.2) is 40.8 Å². The molecule has 1 aliphatic carbocycles. The third kappa shape index (κ3) is 3.05. The van der Waals surface area contributed by atoms with Crippen LogP contribution in [0, 0.1) is 0 Å². The quantitative estimate of drug-likeness (QED) is 0.581. The molecule has 24 heavy (non-hydrogen) atoms. The maximum absolute atomic E-state index is 12.6. The van der Waals surface area contributed by atoms with Crippen LogP contribution in [0.15, 0.2) is 22.7 Å². The lowest BCUT2D eigenvalue weighted by atomic mass is 9.94. The van der Waals surface area contributed by atoms with Gasteiger partial charge in [-0.05, 0) is 46.5 Å². The summed E-state index contributed by atoms with van der Waals surface area (Å²) >= 11 is 3.38. The van der Waals surface area contributed by atoms with Gasteiger partial charge in [0.2, 0.25) is 0 Å². The number of amides is 4. The molecule has 1 aliphatic heterocycles. The number of halogens is 1. The van der Waals surface area contributed by atoms with Gasteiger partial charge in [-0.2, -0.15) is 0 Å². The van der Waals surface area contributed by atoms with Crippen molar-refractivity contribution >= 4 is 33.8 Å². The Balaban J connectivity index is 1.78. The van der Waals surface area contributed by atoms with E-state index in [1.165, 1.54) is 4.90 Å². The molecule has 0 unspecified atom stereocenters. The molecule has 0 bridgehead atoms. The van der Waals surface area contributed by atoms with Crippen molar-refractivity contribution in [3.8, 4) is 5.75 Å². The lowest BCUT2D eigenvalue weighted by Crippen LogP contribution is -2.42. The number of benzene rings is 1. The smallest absolute Gasteiger partial charge is 0.334 e. The maximum Gasteiger partial charge on any atom is 0.334 e. The van der Waals surface area contributed by atoms with E-state index in [1.54, 1.807) is 25.3 Å². The van der Waals surface area contributed by atoms with E-state index in [-0.39, 0.29) is 12.6 Å². The first-order valence-corrected chi connectivity index (χ1v) is 8.83. The van der Waals surface area contributed by atoms with Crippen LogP contribution in [0.1, 0.15) is 37.7 Å². The van der Waals surface area contributed by atoms with Crippen molar-refractivity contribution in [1.29, 1.82) is 0 Å². The van der Waals surface area contributed by atoms with Gasteiger partial charge in [-0.15, -0.1) is 0 Å². The predicted octanol–water partition coefficient (Wildman–Crippen LogP) is 3.08. The summed E-state index contributed by atoms with van der Waals surface area (Å²) < 4.78 is 5.90. The number of ether oxygens (including phenoxy) is 1. The molecule has 4 amide bonds. The summed E-state index contributed by atoms with van der Waals surface area (Å²) in [6.45, 7) is 0.0786. The molecule has 0 N–H and O–H groups in total. The van der Waals surface area contributed by atoms with E-state index in [1.807, 2.05) is 0 Å². The Labute approximate surface area is 148 Å². The Morgan fingerprint density at radius 2 is 1.83 bits per heavy atom. The molecule has 3 rings (SSSR count). The molecular formula is C17H19BrN2O4. The number of rotatable bonds is 4. The van der Waals surface area contributed by atoms with E-state index in [2.05, 4.69) is 15.9 Å². The molecule has 2 aliphatic rings. The highest BCUT2D eigenvalue weighted by Gasteiger charge is 2.47. The number of imide groups is 2. The molecule has 6 nitrogen and oxygen atoms in total. The molecule has 7 heteroatoms. The molecule has 1 aromatic rings. The fourth-order valence-corrected chi connectivity index (χ4v) is 3.90. The van der Waals surface area contributed by atoms with Crippen molar-refractivity contribution < 1.29 is 19.1 Å². The first kappa shape index (κ1) is 17.0. The largest absolute Gasteiger partial charge is 0.496 e. The topological polar surface area (TPSA) is 66.9 Å². The van der Waals surface area contributed by atoms with Gasteiger partial charge in [-0.3, -0.25) is 19.4 Å². The van der Waals surface area contributed by atoms with Crippen LogP contribution in [0.25, 0.3) is 0 Å². The highest BCUT2D eigenvalue weighted by atomic mass is 79.9. The van der Waals surface area contributed by atoms with E-state index >= 15 is 0 Å². The lowest BCUT2D eigenvalue weighted by molar-refractivity contribution is -0.144. The van der Waals surface area contributed by atoms with Crippen molar-refractivity contribution in [3.63, 3.8) is 0 Å². The zero-order valence-electron chi connectivity index (χ0n) is 13.5. The molecule has 0 atom stereocenters. The normalized spacial score (nSPS) is 19.3. The maximum atomic E-state index is 12.6. The molecular weight excluding hydrogens is 376 g/mol. The first-order chi connectivity index (χ1) is 11.5. The number of nitrogens with zero attached hydrogens (tertiary/aromatic N) is 2. The summed E-state index contributed by atoms with van der Waals surface area (Å²) in [5, 5.41) is 0. The van der Waals surface area contributed by atoms with Gasteiger partial charge in [0.15, 0.2) is 0 Å². The second kappa shape index (κ2) is 6.93. The monoisotopic (exact) mass is 394 g/mol. The van der Waals surface area contributed by atoms with Gasteiger partial charge in [0.05, 0.1) is 18.1 Å². The van der Waals surface area contributed by atoms with Crippen molar-refractivity contribution in [2.24, 2.45) is 0 Å². The molecule has 0 spiro atoms. The van der Waals surface area contributed by atoms with Gasteiger partial charge in [-0.1, -0.05) is 25.3 Å². The fourth-order valence-electron chi connectivity index (χ4n) is 3.31. The van der Waals surface area contributed by atoms with E-state index in [4.69, 9.17) is 4.74 Å². The van der Waals surface area contributed by atoms with E-state index < -0.39 is 17.8 Å². The minimum Gasteiger partial charge on any atom is -0.496 e. The molecule has 2 fully saturated rings. The van der Waals surface area contributed by atoms with Gasteiger partial charge in [-0.25, -0.2) is 4.79 Å². The van der Waals surface area contributed by atoms with Crippen LogP contribution < -0.4 is 4.74 Å². The average Bonchev–Trinajstić information content (AvgIpc) is 2.79. The number of methoxy groups -OCH3 is 1. The number of carbonyl (C=O) groups excluding carboxylic acids is 3. The highest BCUT2D eigenvalue weighted by Crippen LogP contribution is 2.29. The number of carbonyl (C=O) groups is 3. The lowest BCUT2D eigenvalue weighted by Gasteiger charge is -2.28. The van der Waals surface area contributed by atoms with E-state index in [9.17, 15) is 14.4 Å². The summed E-state index contributed by atoms with van der Waals surface area (Å²) in [6.07, 6.45) is 4.66. The Hall–Kier alpha value is -1.89. The summed E-state index contributed by atoms with van der Waals surface area (Å²) in [5.41, 5.74) is 0.752. The fraction of sp³-hybridized carbons (Fsp3) is 0.471. The molecule has 0 aromatic heterocycles. The third-order valence-electron chi connectivity index (χ3n) is 4.58. The van der Waals surface area contributed by atoms with E-state index in [0.29, 0.717) is 5.75 Å². The number of hydrogen-bond acceptors (Lipinski definition) is 4. The van der Waals surface area contributed by atoms with Gasteiger partial charge >= 0.3 is 17.8 Å². The van der Waals surface area contributed by atoms with Crippen LogP contribution in [0.3, 0.4) is 0 Å². The molecule has 1 saturated heterocycles. The van der Waals surface area contributed by atoms with Crippen molar-refractivity contribution in [2.45, 2.75) is 44.7 Å². The van der Waals surface area contributed by atoms with Gasteiger partial charge in [0, 0.05) is 6.04 Å². The van der Waals surface area contributed by atoms with E-state index in [0.717, 1.165) is 47.0 Å². The Bertz CT molecular complexity index is 685. The third-order valence-corrected chi connectivity index (χ3v) is 5.20. The van der Waals surface area contributed by atoms with Crippen LogP contribution in [0.5, 0.6) is 5.75 Å². The molecule has 1 saturated carbocycles. The number of urea groups is 1. The van der Waals surface area contributed by atoms with Crippen molar-refractivity contribution in [2.75, 3.05) is 7.11 Å². The minimum atomic E-state index is -0.738. The van der Waals surface area contributed by atoms with Crippen LogP contribution >= 0.6 is 15.9 Å². The average molecular weight is 395 g/mol. The zero-order chi connectivity index (χ0) is 17.3. The van der Waals surface area contributed by atoms with Crippen molar-refractivity contribution in [3.05, 3.63) is 28.2 Å². The minimum absolute atomic E-state index is 0.0786. The molecule has 128 valence electrons. The number of hydrogen-bond donors (Lipinski definition) is 0. The second-order valence-corrected chi connectivity index (χ2v) is 6.96. The SMILES string of the molecule is COc1ccc(CN2C(=O)C(=O)N(C3CCCCC3)C2=O)cc1Br. The van der Waals surface area contributed by atoms with Crippen LogP contribution in [0.2, 0.25) is 0 Å². The molecule has 1 aromatic carbocycles.